The van der Waals surface area contributed by atoms with Crippen LogP contribution in [0, 0.1) is 18.6 Å². The Morgan fingerprint density at radius 2 is 1.49 bits per heavy atom. The van der Waals surface area contributed by atoms with E-state index >= 15 is 0 Å². The summed E-state index contributed by atoms with van der Waals surface area (Å²) in [4.78, 5) is 38.4. The van der Waals surface area contributed by atoms with Crippen LogP contribution in [-0.4, -0.2) is 15.0 Å². The van der Waals surface area contributed by atoms with Gasteiger partial charge < -0.3 is 5.73 Å². The van der Waals surface area contributed by atoms with Gasteiger partial charge in [-0.3, -0.25) is 18.7 Å². The molecule has 0 unspecified atom stereocenters. The Morgan fingerprint density at radius 1 is 0.838 bits per heavy atom. The van der Waals surface area contributed by atoms with Gasteiger partial charge in [0.15, 0.2) is 0 Å². The number of rotatable bonds is 9. The maximum atomic E-state index is 14.5. The van der Waals surface area contributed by atoms with Gasteiger partial charge in [-0.1, -0.05) is 60.7 Å². The molecule has 0 aliphatic carbocycles. The van der Waals surface area contributed by atoms with Crippen LogP contribution in [0.4, 0.5) is 8.78 Å². The summed E-state index contributed by atoms with van der Waals surface area (Å²) in [5, 5.41) is 0. The smallest absolute Gasteiger partial charge is 0.331 e. The molecule has 37 heavy (non-hydrogen) atoms. The van der Waals surface area contributed by atoms with E-state index in [-0.39, 0.29) is 30.6 Å². The summed E-state index contributed by atoms with van der Waals surface area (Å²) in [5.41, 5.74) is 6.71. The van der Waals surface area contributed by atoms with Crippen molar-refractivity contribution in [1.82, 2.24) is 9.13 Å². The zero-order valence-electron chi connectivity index (χ0n) is 20.4. The number of carbonyl (C=O) groups is 1. The molecule has 0 fully saturated rings. The van der Waals surface area contributed by atoms with Crippen LogP contribution in [0.1, 0.15) is 28.8 Å². The summed E-state index contributed by atoms with van der Waals surface area (Å²) < 4.78 is 31.4. The van der Waals surface area contributed by atoms with Crippen LogP contribution >= 0.6 is 0 Å². The summed E-state index contributed by atoms with van der Waals surface area (Å²) in [6.45, 7) is 1.31. The van der Waals surface area contributed by atoms with Crippen LogP contribution in [0.25, 0.3) is 11.1 Å². The van der Waals surface area contributed by atoms with Gasteiger partial charge in [0, 0.05) is 24.2 Å². The van der Waals surface area contributed by atoms with Crippen LogP contribution in [0.3, 0.4) is 0 Å². The summed E-state index contributed by atoms with van der Waals surface area (Å²) >= 11 is 0. The van der Waals surface area contributed by atoms with E-state index in [2.05, 4.69) is 0 Å². The molecule has 0 atom stereocenters. The quantitative estimate of drug-likeness (QED) is 0.375. The minimum atomic E-state index is -0.775. The van der Waals surface area contributed by atoms with Crippen LogP contribution in [0.2, 0.25) is 0 Å². The van der Waals surface area contributed by atoms with Crippen molar-refractivity contribution >= 4 is 5.91 Å². The molecule has 0 bridgehead atoms. The Morgan fingerprint density at radius 3 is 2.16 bits per heavy atom. The molecule has 4 rings (SSSR count). The Balaban J connectivity index is 1.87. The topological polar surface area (TPSA) is 87.1 Å². The number of carbonyl (C=O) groups excluding carboxylic acids is 1. The van der Waals surface area contributed by atoms with E-state index in [0.717, 1.165) is 27.8 Å². The molecule has 4 aromatic rings. The van der Waals surface area contributed by atoms with Crippen molar-refractivity contribution < 1.29 is 13.6 Å². The number of nitrogens with zero attached hydrogens (tertiary/aromatic N) is 2. The lowest BCUT2D eigenvalue weighted by Gasteiger charge is -2.18. The molecule has 2 N–H and O–H groups in total. The SMILES string of the molecule is Cc1c(-c2cccc(CCC(N)=O)c2)c(=O)n(CCc2ccccc2)c(=O)n1Cc1c(F)cccc1F. The van der Waals surface area contributed by atoms with E-state index in [1.54, 1.807) is 25.1 Å². The first-order valence-electron chi connectivity index (χ1n) is 11.9. The average Bonchev–Trinajstić information content (AvgIpc) is 2.87. The fourth-order valence-electron chi connectivity index (χ4n) is 4.39. The summed E-state index contributed by atoms with van der Waals surface area (Å²) in [5.74, 6) is -1.99. The maximum absolute atomic E-state index is 14.5. The Labute approximate surface area is 212 Å². The third-order valence-corrected chi connectivity index (χ3v) is 6.41. The molecular formula is C29H27F2N3O3. The van der Waals surface area contributed by atoms with Crippen molar-refractivity contribution in [2.45, 2.75) is 39.3 Å². The fourth-order valence-corrected chi connectivity index (χ4v) is 4.39. The second-order valence-electron chi connectivity index (χ2n) is 8.89. The first-order chi connectivity index (χ1) is 17.8. The highest BCUT2D eigenvalue weighted by Crippen LogP contribution is 2.22. The third kappa shape index (κ3) is 5.74. The predicted octanol–water partition coefficient (Wildman–Crippen LogP) is 3.97. The number of benzene rings is 3. The lowest BCUT2D eigenvalue weighted by molar-refractivity contribution is -0.117. The van der Waals surface area contributed by atoms with Crippen LogP contribution in [0.15, 0.2) is 82.4 Å². The van der Waals surface area contributed by atoms with E-state index < -0.39 is 28.8 Å². The first-order valence-corrected chi connectivity index (χ1v) is 11.9. The molecule has 0 spiro atoms. The van der Waals surface area contributed by atoms with E-state index in [9.17, 15) is 23.2 Å². The van der Waals surface area contributed by atoms with Gasteiger partial charge in [-0.25, -0.2) is 13.6 Å². The van der Waals surface area contributed by atoms with Crippen molar-refractivity contribution in [2.75, 3.05) is 0 Å². The highest BCUT2D eigenvalue weighted by atomic mass is 19.1. The Hall–Kier alpha value is -4.33. The molecule has 0 saturated heterocycles. The molecule has 0 radical (unpaired) electrons. The summed E-state index contributed by atoms with van der Waals surface area (Å²) in [6, 6.07) is 20.0. The lowest BCUT2D eigenvalue weighted by atomic mass is 10.00. The van der Waals surface area contributed by atoms with Crippen LogP contribution < -0.4 is 17.0 Å². The van der Waals surface area contributed by atoms with E-state index in [1.165, 1.54) is 10.6 Å². The molecule has 0 aliphatic heterocycles. The molecule has 1 aromatic heterocycles. The van der Waals surface area contributed by atoms with Crippen molar-refractivity contribution in [1.29, 1.82) is 0 Å². The molecule has 3 aromatic carbocycles. The minimum Gasteiger partial charge on any atom is -0.370 e. The fraction of sp³-hybridized carbons (Fsp3) is 0.207. The second kappa shape index (κ2) is 11.2. The van der Waals surface area contributed by atoms with E-state index in [4.69, 9.17) is 5.73 Å². The van der Waals surface area contributed by atoms with Gasteiger partial charge in [0.2, 0.25) is 5.91 Å². The number of aromatic nitrogens is 2. The summed E-state index contributed by atoms with van der Waals surface area (Å²) in [7, 11) is 0. The number of aryl methyl sites for hydroxylation is 2. The zero-order chi connectivity index (χ0) is 26.5. The second-order valence-corrected chi connectivity index (χ2v) is 8.89. The molecule has 6 nitrogen and oxygen atoms in total. The molecule has 8 heteroatoms. The molecule has 1 heterocycles. The van der Waals surface area contributed by atoms with Gasteiger partial charge in [0.05, 0.1) is 12.1 Å². The third-order valence-electron chi connectivity index (χ3n) is 6.41. The van der Waals surface area contributed by atoms with Crippen molar-refractivity contribution in [3.63, 3.8) is 0 Å². The Kier molecular flexibility index (Phi) is 7.77. The lowest BCUT2D eigenvalue weighted by Crippen LogP contribution is -2.42. The highest BCUT2D eigenvalue weighted by molar-refractivity contribution is 5.74. The number of hydrogen-bond acceptors (Lipinski definition) is 3. The first kappa shape index (κ1) is 25.8. The van der Waals surface area contributed by atoms with Gasteiger partial charge >= 0.3 is 5.69 Å². The van der Waals surface area contributed by atoms with Crippen molar-refractivity contribution in [2.24, 2.45) is 5.73 Å². The predicted molar refractivity (Wildman–Crippen MR) is 138 cm³/mol. The Bertz CT molecular complexity index is 1540. The maximum Gasteiger partial charge on any atom is 0.331 e. The van der Waals surface area contributed by atoms with Crippen LogP contribution in [0.5, 0.6) is 0 Å². The van der Waals surface area contributed by atoms with Crippen molar-refractivity contribution in [3.8, 4) is 11.1 Å². The van der Waals surface area contributed by atoms with E-state index in [0.29, 0.717) is 24.1 Å². The minimum absolute atomic E-state index is 0.0933. The normalized spacial score (nSPS) is 11.0. The van der Waals surface area contributed by atoms with Gasteiger partial charge in [-0.2, -0.15) is 0 Å². The molecule has 0 saturated carbocycles. The van der Waals surface area contributed by atoms with Gasteiger partial charge in [-0.15, -0.1) is 0 Å². The number of nitrogens with two attached hydrogens (primary N) is 1. The van der Waals surface area contributed by atoms with Crippen molar-refractivity contribution in [3.05, 3.63) is 128 Å². The largest absolute Gasteiger partial charge is 0.370 e. The number of hydrogen-bond donors (Lipinski definition) is 1. The molecule has 0 aliphatic rings. The van der Waals surface area contributed by atoms with Gasteiger partial charge in [-0.05, 0) is 48.6 Å². The molecule has 1 amide bonds. The summed E-state index contributed by atoms with van der Waals surface area (Å²) in [6.07, 6.45) is 0.964. The molecule has 190 valence electrons. The number of primary amides is 1. The average molecular weight is 504 g/mol. The molecular weight excluding hydrogens is 476 g/mol. The standard InChI is InChI=1S/C29H27F2N3O3/c1-19-27(22-10-5-9-21(17-22)13-14-26(32)35)28(36)33(16-15-20-7-3-2-4-8-20)29(37)34(19)18-23-24(30)11-6-12-25(23)31/h2-12,17H,13-16,18H2,1H3,(H2,32,35). The number of halogens is 2. The van der Waals surface area contributed by atoms with Gasteiger partial charge in [0.1, 0.15) is 11.6 Å². The monoisotopic (exact) mass is 503 g/mol. The van der Waals surface area contributed by atoms with Crippen LogP contribution in [-0.2, 0) is 30.7 Å². The van der Waals surface area contributed by atoms with Gasteiger partial charge in [0.25, 0.3) is 5.56 Å². The van der Waals surface area contributed by atoms with E-state index in [1.807, 2.05) is 36.4 Å². The highest BCUT2D eigenvalue weighted by Gasteiger charge is 2.20. The zero-order valence-corrected chi connectivity index (χ0v) is 20.4. The number of amides is 1.